The first kappa shape index (κ1) is 29.2. The zero-order chi connectivity index (χ0) is 23.2. The summed E-state index contributed by atoms with van der Waals surface area (Å²) in [7, 11) is 0. The summed E-state index contributed by atoms with van der Waals surface area (Å²) in [6, 6.07) is 9.70. The molecular formula is C23H38O8. The van der Waals surface area contributed by atoms with Crippen LogP contribution < -0.4 is 0 Å². The first-order valence-corrected chi connectivity index (χ1v) is 10.5. The van der Waals surface area contributed by atoms with Gasteiger partial charge in [-0.25, -0.2) is 4.79 Å². The first-order valence-electron chi connectivity index (χ1n) is 10.5. The summed E-state index contributed by atoms with van der Waals surface area (Å²) in [4.78, 5) is 9.25. The van der Waals surface area contributed by atoms with Crippen LogP contribution in [0.25, 0.3) is 0 Å². The minimum atomic E-state index is -0.981. The zero-order valence-corrected chi connectivity index (χ0v) is 18.5. The fourth-order valence-electron chi connectivity index (χ4n) is 2.48. The molecule has 8 heteroatoms. The van der Waals surface area contributed by atoms with Crippen molar-refractivity contribution in [2.24, 2.45) is 0 Å². The van der Waals surface area contributed by atoms with Crippen LogP contribution >= 0.6 is 0 Å². The third-order valence-corrected chi connectivity index (χ3v) is 4.12. The van der Waals surface area contributed by atoms with E-state index < -0.39 is 11.6 Å². The highest BCUT2D eigenvalue weighted by molar-refractivity contribution is 5.78. The number of hydrogen-bond donors (Lipinski definition) is 3. The molecule has 0 spiro atoms. The lowest BCUT2D eigenvalue weighted by atomic mass is 9.89. The Kier molecular flexibility index (Phi) is 18.9. The van der Waals surface area contributed by atoms with E-state index in [0.717, 1.165) is 24.5 Å². The van der Waals surface area contributed by atoms with Gasteiger partial charge in [-0.1, -0.05) is 56.7 Å². The molecule has 0 amide bonds. The molecule has 0 aliphatic carbocycles. The third kappa shape index (κ3) is 16.5. The Morgan fingerprint density at radius 3 is 1.90 bits per heavy atom. The normalized spacial score (nSPS) is 12.5. The molecule has 1 unspecified atom stereocenters. The lowest BCUT2D eigenvalue weighted by molar-refractivity contribution is -0.131. The number of carboxylic acids is 1. The third-order valence-electron chi connectivity index (χ3n) is 4.12. The highest BCUT2D eigenvalue weighted by Gasteiger charge is 2.28. The summed E-state index contributed by atoms with van der Waals surface area (Å²) < 4.78 is 21.5. The van der Waals surface area contributed by atoms with Gasteiger partial charge in [-0.15, -0.1) is 0 Å². The molecule has 31 heavy (non-hydrogen) atoms. The second kappa shape index (κ2) is 20.1. The van der Waals surface area contributed by atoms with Crippen LogP contribution in [-0.2, 0) is 29.3 Å². The van der Waals surface area contributed by atoms with Gasteiger partial charge in [-0.3, -0.25) is 0 Å². The molecule has 8 nitrogen and oxygen atoms in total. The molecular weight excluding hydrogens is 404 g/mol. The molecule has 1 aromatic rings. The molecule has 178 valence electrons. The summed E-state index contributed by atoms with van der Waals surface area (Å²) in [6.45, 7) is 8.54. The highest BCUT2D eigenvalue weighted by Crippen LogP contribution is 2.27. The maximum atomic E-state index is 11.0. The quantitative estimate of drug-likeness (QED) is 0.235. The summed E-state index contributed by atoms with van der Waals surface area (Å²) in [6.07, 6.45) is 3.49. The van der Waals surface area contributed by atoms with Crippen LogP contribution in [-0.4, -0.2) is 80.8 Å². The SMILES string of the molecule is C=CC(=O)O.CCCCC(O)(COCCOCCOCCOCCO)c1ccccc1. The van der Waals surface area contributed by atoms with Gasteiger partial charge in [0.1, 0.15) is 5.60 Å². The van der Waals surface area contributed by atoms with Gasteiger partial charge in [0.25, 0.3) is 0 Å². The number of hydrogen-bond acceptors (Lipinski definition) is 7. The molecule has 0 bridgehead atoms. The van der Waals surface area contributed by atoms with Gasteiger partial charge >= 0.3 is 5.97 Å². The minimum absolute atomic E-state index is 0.0287. The van der Waals surface area contributed by atoms with Crippen LogP contribution in [0.5, 0.6) is 0 Å². The van der Waals surface area contributed by atoms with Crippen LogP contribution in [0.2, 0.25) is 0 Å². The molecule has 0 aliphatic rings. The number of carbonyl (C=O) groups is 1. The van der Waals surface area contributed by atoms with Crippen molar-refractivity contribution in [1.29, 1.82) is 0 Å². The van der Waals surface area contributed by atoms with E-state index in [-0.39, 0.29) is 13.2 Å². The Hall–Kier alpha value is -1.81. The number of aliphatic hydroxyl groups is 2. The molecule has 1 rings (SSSR count). The number of aliphatic hydroxyl groups excluding tert-OH is 1. The zero-order valence-electron chi connectivity index (χ0n) is 18.5. The number of aliphatic carboxylic acids is 1. The summed E-state index contributed by atoms with van der Waals surface area (Å²) in [5.74, 6) is -0.981. The molecule has 0 heterocycles. The van der Waals surface area contributed by atoms with Crippen molar-refractivity contribution in [3.63, 3.8) is 0 Å². The molecule has 1 atom stereocenters. The van der Waals surface area contributed by atoms with E-state index in [9.17, 15) is 9.90 Å². The van der Waals surface area contributed by atoms with Crippen LogP contribution in [0.4, 0.5) is 0 Å². The summed E-state index contributed by atoms with van der Waals surface area (Å²) in [5.41, 5.74) is -0.0548. The predicted octanol–water partition coefficient (Wildman–Crippen LogP) is 2.38. The summed E-state index contributed by atoms with van der Waals surface area (Å²) in [5, 5.41) is 27.1. The van der Waals surface area contributed by atoms with Gasteiger partial charge in [-0.2, -0.15) is 0 Å². The van der Waals surface area contributed by atoms with E-state index in [2.05, 4.69) is 13.5 Å². The van der Waals surface area contributed by atoms with Crippen molar-refractivity contribution in [3.05, 3.63) is 48.6 Å². The number of carboxylic acid groups (broad SMARTS) is 1. The minimum Gasteiger partial charge on any atom is -0.478 e. The van der Waals surface area contributed by atoms with E-state index in [1.165, 1.54) is 0 Å². The van der Waals surface area contributed by atoms with Crippen LogP contribution in [0.1, 0.15) is 31.7 Å². The van der Waals surface area contributed by atoms with E-state index in [1.807, 2.05) is 30.3 Å². The fraction of sp³-hybridized carbons (Fsp3) is 0.609. The smallest absolute Gasteiger partial charge is 0.327 e. The van der Waals surface area contributed by atoms with E-state index in [0.29, 0.717) is 52.7 Å². The van der Waals surface area contributed by atoms with Gasteiger partial charge in [0.05, 0.1) is 59.5 Å². The Morgan fingerprint density at radius 1 is 0.968 bits per heavy atom. The topological polar surface area (TPSA) is 115 Å². The average molecular weight is 443 g/mol. The van der Waals surface area contributed by atoms with E-state index in [1.54, 1.807) is 0 Å². The Morgan fingerprint density at radius 2 is 1.45 bits per heavy atom. The molecule has 0 radical (unpaired) electrons. The summed E-state index contributed by atoms with van der Waals surface area (Å²) >= 11 is 0. The monoisotopic (exact) mass is 442 g/mol. The maximum Gasteiger partial charge on any atom is 0.327 e. The molecule has 0 fully saturated rings. The van der Waals surface area contributed by atoms with Gasteiger partial charge in [0.15, 0.2) is 0 Å². The van der Waals surface area contributed by atoms with Crippen LogP contribution in [0, 0.1) is 0 Å². The van der Waals surface area contributed by atoms with E-state index in [4.69, 9.17) is 29.2 Å². The van der Waals surface area contributed by atoms with Crippen LogP contribution in [0.15, 0.2) is 43.0 Å². The van der Waals surface area contributed by atoms with Crippen molar-refractivity contribution in [2.45, 2.75) is 31.8 Å². The standard InChI is InChI=1S/C20H34O6.C3H4O2/c1-2-3-9-20(22,19-7-5-4-6-8-19)18-26-17-16-25-15-14-24-13-12-23-11-10-21;1-2-3(4)5/h4-8,21-22H,2-3,9-18H2,1H3;2H,1H2,(H,4,5). The molecule has 0 aromatic heterocycles. The lowest BCUT2D eigenvalue weighted by Gasteiger charge is -2.28. The van der Waals surface area contributed by atoms with Crippen molar-refractivity contribution in [2.75, 3.05) is 59.5 Å². The number of ether oxygens (including phenoxy) is 4. The highest BCUT2D eigenvalue weighted by atomic mass is 16.6. The molecule has 0 saturated heterocycles. The Bertz CT molecular complexity index is 552. The molecule has 3 N–H and O–H groups in total. The predicted molar refractivity (Wildman–Crippen MR) is 118 cm³/mol. The number of rotatable bonds is 18. The molecule has 1 aromatic carbocycles. The maximum absolute atomic E-state index is 11.0. The van der Waals surface area contributed by atoms with Crippen molar-refractivity contribution >= 4 is 5.97 Å². The molecule has 0 aliphatic heterocycles. The molecule has 0 saturated carbocycles. The van der Waals surface area contributed by atoms with Gasteiger partial charge in [0.2, 0.25) is 0 Å². The van der Waals surface area contributed by atoms with Crippen molar-refractivity contribution in [3.8, 4) is 0 Å². The second-order valence-electron chi connectivity index (χ2n) is 6.66. The van der Waals surface area contributed by atoms with Crippen molar-refractivity contribution < 1.29 is 39.1 Å². The van der Waals surface area contributed by atoms with Gasteiger partial charge in [-0.05, 0) is 12.0 Å². The van der Waals surface area contributed by atoms with E-state index >= 15 is 0 Å². The average Bonchev–Trinajstić information content (AvgIpc) is 2.79. The Balaban J connectivity index is 0.00000161. The second-order valence-corrected chi connectivity index (χ2v) is 6.66. The van der Waals surface area contributed by atoms with Gasteiger partial charge < -0.3 is 34.3 Å². The van der Waals surface area contributed by atoms with Gasteiger partial charge in [0, 0.05) is 6.08 Å². The lowest BCUT2D eigenvalue weighted by Crippen LogP contribution is -2.32. The number of benzene rings is 1. The Labute approximate surface area is 185 Å². The van der Waals surface area contributed by atoms with Crippen LogP contribution in [0.3, 0.4) is 0 Å². The fourth-order valence-corrected chi connectivity index (χ4v) is 2.48. The largest absolute Gasteiger partial charge is 0.478 e. The van der Waals surface area contributed by atoms with Crippen molar-refractivity contribution in [1.82, 2.24) is 0 Å². The first-order chi connectivity index (χ1) is 15.0. The number of unbranched alkanes of at least 4 members (excludes halogenated alkanes) is 1.